The van der Waals surface area contributed by atoms with Gasteiger partial charge in [-0.1, -0.05) is 22.4 Å². The van der Waals surface area contributed by atoms with Gasteiger partial charge in [0, 0.05) is 17.9 Å². The van der Waals surface area contributed by atoms with Gasteiger partial charge in [-0.2, -0.15) is 0 Å². The summed E-state index contributed by atoms with van der Waals surface area (Å²) >= 11 is 1.73. The highest BCUT2D eigenvalue weighted by Gasteiger charge is 2.24. The number of hydrogen-bond acceptors (Lipinski definition) is 2. The number of halogens is 1. The van der Waals surface area contributed by atoms with Crippen molar-refractivity contribution in [1.29, 1.82) is 0 Å². The van der Waals surface area contributed by atoms with Crippen molar-refractivity contribution < 1.29 is 21.7 Å². The molecule has 0 amide bonds. The van der Waals surface area contributed by atoms with Crippen molar-refractivity contribution in [3.63, 3.8) is 0 Å². The third-order valence-corrected chi connectivity index (χ3v) is 3.18. The number of aromatic nitrogens is 2. The zero-order valence-corrected chi connectivity index (χ0v) is 9.57. The molecule has 1 saturated carbocycles. The van der Waals surface area contributed by atoms with Crippen LogP contribution in [-0.4, -0.2) is 5.10 Å². The van der Waals surface area contributed by atoms with E-state index in [4.69, 9.17) is 0 Å². The van der Waals surface area contributed by atoms with Gasteiger partial charge in [-0.25, -0.2) is 0 Å². The molecule has 0 radical (unpaired) electrons. The molecule has 0 N–H and O–H groups in total. The molecule has 0 spiro atoms. The van der Waals surface area contributed by atoms with Crippen LogP contribution in [0.5, 0.6) is 0 Å². The Bertz CT molecular complexity index is 245. The van der Waals surface area contributed by atoms with Crippen LogP contribution >= 0.6 is 11.3 Å². The Morgan fingerprint density at radius 3 is 2.83 bits per heavy atom. The maximum absolute atomic E-state index is 4.27. The van der Waals surface area contributed by atoms with Gasteiger partial charge in [0.25, 0.3) is 5.01 Å². The lowest BCUT2D eigenvalue weighted by Crippen LogP contribution is -3.00. The average molecular weight is 249 g/mol. The van der Waals surface area contributed by atoms with E-state index in [9.17, 15) is 0 Å². The Labute approximate surface area is 87.4 Å². The second-order valence-corrected chi connectivity index (χ2v) is 4.27. The Balaban J connectivity index is 0.000000720. The van der Waals surface area contributed by atoms with Crippen LogP contribution < -0.4 is 21.7 Å². The van der Waals surface area contributed by atoms with Gasteiger partial charge >= 0.3 is 0 Å². The smallest absolute Gasteiger partial charge is 0.261 e. The van der Waals surface area contributed by atoms with Crippen molar-refractivity contribution in [1.82, 2.24) is 5.10 Å². The third-order valence-electron chi connectivity index (χ3n) is 2.43. The van der Waals surface area contributed by atoms with E-state index >= 15 is 0 Å². The number of hydrogen-bond donors (Lipinski definition) is 0. The summed E-state index contributed by atoms with van der Waals surface area (Å²) in [6.45, 7) is 3.28. The summed E-state index contributed by atoms with van der Waals surface area (Å²) in [4.78, 5) is 0. The van der Waals surface area contributed by atoms with Crippen LogP contribution in [0.25, 0.3) is 0 Å². The van der Waals surface area contributed by atoms with Gasteiger partial charge in [0.2, 0.25) is 0 Å². The maximum atomic E-state index is 4.27. The minimum absolute atomic E-state index is 0. The molecule has 0 saturated heterocycles. The lowest BCUT2D eigenvalue weighted by molar-refractivity contribution is -0.760. The van der Waals surface area contributed by atoms with Gasteiger partial charge in [-0.15, -0.1) is 0 Å². The molecular weight excluding hydrogens is 236 g/mol. The van der Waals surface area contributed by atoms with Crippen molar-refractivity contribution in [3.05, 3.63) is 10.5 Å². The zero-order valence-electron chi connectivity index (χ0n) is 7.16. The molecule has 12 heavy (non-hydrogen) atoms. The number of nitrogens with zero attached hydrogens (tertiary/aromatic N) is 2. The van der Waals surface area contributed by atoms with Gasteiger partial charge < -0.3 is 17.0 Å². The molecule has 0 atom stereocenters. The molecule has 1 aromatic rings. The first-order valence-electron chi connectivity index (χ1n) is 4.16. The summed E-state index contributed by atoms with van der Waals surface area (Å²) in [5, 5.41) is 5.60. The summed E-state index contributed by atoms with van der Waals surface area (Å²) < 4.78 is 2.13. The van der Waals surface area contributed by atoms with Crippen molar-refractivity contribution in [2.24, 2.45) is 5.92 Å². The molecule has 2 nitrogen and oxygen atoms in total. The highest BCUT2D eigenvalue weighted by atomic mass is 79.9. The Morgan fingerprint density at radius 2 is 2.42 bits per heavy atom. The lowest BCUT2D eigenvalue weighted by atomic mass is 9.85. The van der Waals surface area contributed by atoms with Crippen LogP contribution in [0.15, 0.2) is 5.51 Å². The molecule has 1 fully saturated rings. The van der Waals surface area contributed by atoms with E-state index in [1.54, 1.807) is 11.3 Å². The van der Waals surface area contributed by atoms with E-state index in [2.05, 4.69) is 16.7 Å². The molecule has 1 aliphatic carbocycles. The van der Waals surface area contributed by atoms with E-state index in [-0.39, 0.29) is 17.0 Å². The molecule has 0 bridgehead atoms. The first-order valence-corrected chi connectivity index (χ1v) is 5.04. The highest BCUT2D eigenvalue weighted by Crippen LogP contribution is 2.26. The fraction of sp³-hybridized carbons (Fsp3) is 0.750. The lowest BCUT2D eigenvalue weighted by Gasteiger charge is -2.20. The molecule has 0 unspecified atom stereocenters. The van der Waals surface area contributed by atoms with Crippen LogP contribution in [0.2, 0.25) is 0 Å². The summed E-state index contributed by atoms with van der Waals surface area (Å²) in [5.74, 6) is 0.917. The standard InChI is InChI=1S/C8H13N2S.BrH/c1-7-10(9-6-11-7)5-8-3-2-4-8;/h6,8H,2-5H2,1H3;1H/q+1;/p-1. The average Bonchev–Trinajstić information content (AvgIpc) is 2.27. The Morgan fingerprint density at radius 1 is 1.67 bits per heavy atom. The quantitative estimate of drug-likeness (QED) is 0.586. The molecule has 0 aliphatic heterocycles. The second kappa shape index (κ2) is 4.33. The van der Waals surface area contributed by atoms with E-state index < -0.39 is 0 Å². The Hall–Kier alpha value is 0.0400. The number of aryl methyl sites for hydroxylation is 1. The van der Waals surface area contributed by atoms with E-state index in [1.807, 2.05) is 5.51 Å². The summed E-state index contributed by atoms with van der Waals surface area (Å²) in [7, 11) is 0. The van der Waals surface area contributed by atoms with Crippen LogP contribution in [0.3, 0.4) is 0 Å². The molecule has 2 rings (SSSR count). The normalized spacial score (nSPS) is 16.8. The third kappa shape index (κ3) is 2.04. The summed E-state index contributed by atoms with van der Waals surface area (Å²) in [6.07, 6.45) is 4.24. The van der Waals surface area contributed by atoms with Crippen molar-refractivity contribution in [2.75, 3.05) is 0 Å². The zero-order chi connectivity index (χ0) is 7.68. The molecule has 4 heteroatoms. The molecule has 0 aromatic carbocycles. The van der Waals surface area contributed by atoms with Crippen molar-refractivity contribution >= 4 is 11.3 Å². The first kappa shape index (κ1) is 10.1. The molecular formula is C8H13BrN2S. The van der Waals surface area contributed by atoms with E-state index in [0.29, 0.717) is 0 Å². The summed E-state index contributed by atoms with van der Waals surface area (Å²) in [5.41, 5.74) is 1.92. The van der Waals surface area contributed by atoms with Crippen LogP contribution in [-0.2, 0) is 6.54 Å². The van der Waals surface area contributed by atoms with Gasteiger partial charge in [0.1, 0.15) is 0 Å². The monoisotopic (exact) mass is 248 g/mol. The highest BCUT2D eigenvalue weighted by molar-refractivity contribution is 7.08. The second-order valence-electron chi connectivity index (χ2n) is 3.24. The Kier molecular flexibility index (Phi) is 3.65. The maximum Gasteiger partial charge on any atom is 0.261 e. The molecule has 68 valence electrons. The fourth-order valence-corrected chi connectivity index (χ4v) is 1.95. The van der Waals surface area contributed by atoms with E-state index in [1.165, 1.54) is 24.3 Å². The number of rotatable bonds is 2. The summed E-state index contributed by atoms with van der Waals surface area (Å²) in [6, 6.07) is 0. The minimum atomic E-state index is 0. The SMILES string of the molecule is Cc1scn[n+]1CC1CCC1.[Br-]. The van der Waals surface area contributed by atoms with Crippen LogP contribution in [0, 0.1) is 12.8 Å². The van der Waals surface area contributed by atoms with Crippen LogP contribution in [0.1, 0.15) is 24.3 Å². The first-order chi connectivity index (χ1) is 5.36. The van der Waals surface area contributed by atoms with Gasteiger partial charge in [0.15, 0.2) is 12.1 Å². The minimum Gasteiger partial charge on any atom is -1.00 e. The van der Waals surface area contributed by atoms with E-state index in [0.717, 1.165) is 12.5 Å². The van der Waals surface area contributed by atoms with Crippen LogP contribution in [0.4, 0.5) is 0 Å². The van der Waals surface area contributed by atoms with Crippen molar-refractivity contribution in [2.45, 2.75) is 32.7 Å². The van der Waals surface area contributed by atoms with Gasteiger partial charge in [-0.3, -0.25) is 0 Å². The molecule has 1 heterocycles. The fourth-order valence-electron chi connectivity index (χ4n) is 1.39. The van der Waals surface area contributed by atoms with Gasteiger partial charge in [0.05, 0.1) is 0 Å². The molecule has 1 aliphatic rings. The predicted molar refractivity (Wildman–Crippen MR) is 44.4 cm³/mol. The van der Waals surface area contributed by atoms with Crippen molar-refractivity contribution in [3.8, 4) is 0 Å². The van der Waals surface area contributed by atoms with Gasteiger partial charge in [-0.05, 0) is 12.8 Å². The predicted octanol–water partition coefficient (Wildman–Crippen LogP) is -1.46. The molecule has 1 aromatic heterocycles. The largest absolute Gasteiger partial charge is 1.00 e. The topological polar surface area (TPSA) is 16.8 Å².